The number of halogens is 1. The van der Waals surface area contributed by atoms with E-state index in [0.29, 0.717) is 4.88 Å². The molecule has 6 heteroatoms. The topological polar surface area (TPSA) is 66.4 Å². The van der Waals surface area contributed by atoms with Crippen LogP contribution in [0.1, 0.15) is 23.5 Å². The molecule has 0 radical (unpaired) electrons. The highest BCUT2D eigenvalue weighted by Gasteiger charge is 2.28. The first-order valence-electron chi connectivity index (χ1n) is 4.59. The van der Waals surface area contributed by atoms with Crippen LogP contribution in [0.25, 0.3) is 0 Å². The number of thiophene rings is 1. The Balaban J connectivity index is 2.61. The van der Waals surface area contributed by atoms with Crippen molar-refractivity contribution in [2.45, 2.75) is 13.8 Å². The van der Waals surface area contributed by atoms with Crippen LogP contribution in [0.15, 0.2) is 15.9 Å². The summed E-state index contributed by atoms with van der Waals surface area (Å²) in [6.07, 6.45) is 0. The summed E-state index contributed by atoms with van der Waals surface area (Å²) in [5.41, 5.74) is -0.959. The molecule has 0 aromatic carbocycles. The summed E-state index contributed by atoms with van der Waals surface area (Å²) >= 11 is 4.56. The van der Waals surface area contributed by atoms with E-state index in [9.17, 15) is 9.59 Å². The molecule has 1 rings (SSSR count). The lowest BCUT2D eigenvalue weighted by Gasteiger charge is -2.19. The van der Waals surface area contributed by atoms with Crippen molar-refractivity contribution in [1.82, 2.24) is 5.32 Å². The van der Waals surface area contributed by atoms with Crippen LogP contribution in [0.3, 0.4) is 0 Å². The van der Waals surface area contributed by atoms with E-state index in [2.05, 4.69) is 21.2 Å². The van der Waals surface area contributed by atoms with Crippen LogP contribution in [-0.2, 0) is 4.79 Å². The highest BCUT2D eigenvalue weighted by Crippen LogP contribution is 2.22. The van der Waals surface area contributed by atoms with Gasteiger partial charge < -0.3 is 10.4 Å². The number of amides is 1. The number of hydrogen-bond donors (Lipinski definition) is 2. The van der Waals surface area contributed by atoms with E-state index in [0.717, 1.165) is 4.47 Å². The summed E-state index contributed by atoms with van der Waals surface area (Å²) in [5, 5.41) is 13.3. The molecule has 88 valence electrons. The van der Waals surface area contributed by atoms with Crippen molar-refractivity contribution in [3.8, 4) is 0 Å². The molecule has 0 spiro atoms. The Labute approximate surface area is 106 Å². The molecule has 0 aliphatic heterocycles. The van der Waals surface area contributed by atoms with E-state index in [-0.39, 0.29) is 12.5 Å². The molecule has 1 amide bonds. The Morgan fingerprint density at radius 3 is 2.62 bits per heavy atom. The third kappa shape index (κ3) is 3.05. The zero-order valence-electron chi connectivity index (χ0n) is 8.91. The average Bonchev–Trinajstić information content (AvgIpc) is 2.61. The lowest BCUT2D eigenvalue weighted by atomic mass is 9.94. The molecule has 0 saturated heterocycles. The van der Waals surface area contributed by atoms with Crippen molar-refractivity contribution < 1.29 is 14.7 Å². The molecule has 0 atom stereocenters. The van der Waals surface area contributed by atoms with E-state index in [1.54, 1.807) is 25.3 Å². The van der Waals surface area contributed by atoms with Crippen LogP contribution in [-0.4, -0.2) is 23.5 Å². The van der Waals surface area contributed by atoms with Gasteiger partial charge in [-0.3, -0.25) is 9.59 Å². The molecule has 2 N–H and O–H groups in total. The second kappa shape index (κ2) is 4.97. The van der Waals surface area contributed by atoms with E-state index < -0.39 is 11.4 Å². The first kappa shape index (κ1) is 13.2. The van der Waals surface area contributed by atoms with Crippen molar-refractivity contribution in [3.63, 3.8) is 0 Å². The zero-order chi connectivity index (χ0) is 12.3. The standard InChI is InChI=1S/C10H12BrNO3S/c1-10(2,9(14)15)5-12-8(13)7-6(11)3-4-16-7/h3-4H,5H2,1-2H3,(H,12,13)(H,14,15). The van der Waals surface area contributed by atoms with Gasteiger partial charge >= 0.3 is 5.97 Å². The minimum absolute atomic E-state index is 0.103. The number of nitrogens with one attached hydrogen (secondary N) is 1. The van der Waals surface area contributed by atoms with Crippen molar-refractivity contribution in [3.05, 3.63) is 20.8 Å². The summed E-state index contributed by atoms with van der Waals surface area (Å²) in [6, 6.07) is 1.78. The highest BCUT2D eigenvalue weighted by molar-refractivity contribution is 9.10. The van der Waals surface area contributed by atoms with Crippen molar-refractivity contribution in [2.75, 3.05) is 6.54 Å². The van der Waals surface area contributed by atoms with E-state index in [4.69, 9.17) is 5.11 Å². The van der Waals surface area contributed by atoms with Gasteiger partial charge in [0.1, 0.15) is 4.88 Å². The van der Waals surface area contributed by atoms with E-state index in [1.165, 1.54) is 11.3 Å². The van der Waals surface area contributed by atoms with Crippen LogP contribution in [0.4, 0.5) is 0 Å². The van der Waals surface area contributed by atoms with Gasteiger partial charge in [0.25, 0.3) is 5.91 Å². The number of carboxylic acid groups (broad SMARTS) is 1. The van der Waals surface area contributed by atoms with Gasteiger partial charge in [-0.15, -0.1) is 11.3 Å². The maximum atomic E-state index is 11.7. The fraction of sp³-hybridized carbons (Fsp3) is 0.400. The quantitative estimate of drug-likeness (QED) is 0.897. The molecule has 0 unspecified atom stereocenters. The molecule has 0 saturated carbocycles. The van der Waals surface area contributed by atoms with E-state index in [1.807, 2.05) is 0 Å². The monoisotopic (exact) mass is 305 g/mol. The van der Waals surface area contributed by atoms with Crippen molar-refractivity contribution >= 4 is 39.1 Å². The van der Waals surface area contributed by atoms with Gasteiger partial charge in [0.2, 0.25) is 0 Å². The maximum Gasteiger partial charge on any atom is 0.310 e. The van der Waals surface area contributed by atoms with Gasteiger partial charge in [0.05, 0.1) is 5.41 Å². The average molecular weight is 306 g/mol. The molecule has 0 aliphatic carbocycles. The molecular weight excluding hydrogens is 294 g/mol. The first-order valence-corrected chi connectivity index (χ1v) is 6.26. The summed E-state index contributed by atoms with van der Waals surface area (Å²) < 4.78 is 0.725. The fourth-order valence-corrected chi connectivity index (χ4v) is 2.38. The molecule has 16 heavy (non-hydrogen) atoms. The summed E-state index contributed by atoms with van der Waals surface area (Å²) in [5.74, 6) is -1.19. The van der Waals surface area contributed by atoms with Crippen LogP contribution in [0.2, 0.25) is 0 Å². The summed E-state index contributed by atoms with van der Waals surface area (Å²) in [7, 11) is 0. The Morgan fingerprint density at radius 1 is 1.56 bits per heavy atom. The number of aliphatic carboxylic acids is 1. The van der Waals surface area contributed by atoms with Gasteiger partial charge in [-0.1, -0.05) is 0 Å². The lowest BCUT2D eigenvalue weighted by Crippen LogP contribution is -2.38. The third-order valence-corrected chi connectivity index (χ3v) is 3.93. The Bertz CT molecular complexity index is 414. The fourth-order valence-electron chi connectivity index (χ4n) is 0.913. The first-order chi connectivity index (χ1) is 7.34. The number of hydrogen-bond acceptors (Lipinski definition) is 3. The summed E-state index contributed by atoms with van der Waals surface area (Å²) in [6.45, 7) is 3.24. The van der Waals surface area contributed by atoms with Crippen molar-refractivity contribution in [2.24, 2.45) is 5.41 Å². The number of rotatable bonds is 4. The van der Waals surface area contributed by atoms with E-state index >= 15 is 0 Å². The molecule has 4 nitrogen and oxygen atoms in total. The van der Waals surface area contributed by atoms with Gasteiger partial charge in [0, 0.05) is 11.0 Å². The normalized spacial score (nSPS) is 11.2. The minimum Gasteiger partial charge on any atom is -0.481 e. The van der Waals surface area contributed by atoms with Crippen LogP contribution in [0.5, 0.6) is 0 Å². The Morgan fingerprint density at radius 2 is 2.19 bits per heavy atom. The van der Waals surface area contributed by atoms with Crippen LogP contribution >= 0.6 is 27.3 Å². The van der Waals surface area contributed by atoms with Gasteiger partial charge in [0.15, 0.2) is 0 Å². The summed E-state index contributed by atoms with van der Waals surface area (Å²) in [4.78, 5) is 23.1. The smallest absolute Gasteiger partial charge is 0.310 e. The van der Waals surface area contributed by atoms with Crippen molar-refractivity contribution in [1.29, 1.82) is 0 Å². The predicted octanol–water partition coefficient (Wildman–Crippen LogP) is 2.35. The minimum atomic E-state index is -0.959. The molecular formula is C10H12BrNO3S. The molecule has 1 heterocycles. The third-order valence-electron chi connectivity index (χ3n) is 2.09. The largest absolute Gasteiger partial charge is 0.481 e. The second-order valence-electron chi connectivity index (χ2n) is 3.97. The van der Waals surface area contributed by atoms with Gasteiger partial charge in [-0.25, -0.2) is 0 Å². The number of carbonyl (C=O) groups excluding carboxylic acids is 1. The van der Waals surface area contributed by atoms with Crippen LogP contribution < -0.4 is 5.32 Å². The predicted molar refractivity (Wildman–Crippen MR) is 65.8 cm³/mol. The highest BCUT2D eigenvalue weighted by atomic mass is 79.9. The SMILES string of the molecule is CC(C)(CNC(=O)c1sccc1Br)C(=O)O. The molecule has 1 aromatic heterocycles. The molecule has 1 aromatic rings. The Hall–Kier alpha value is -0.880. The Kier molecular flexibility index (Phi) is 4.09. The van der Waals surface area contributed by atoms with Gasteiger partial charge in [-0.05, 0) is 41.2 Å². The molecule has 0 bridgehead atoms. The van der Waals surface area contributed by atoms with Gasteiger partial charge in [-0.2, -0.15) is 0 Å². The zero-order valence-corrected chi connectivity index (χ0v) is 11.3. The number of carbonyl (C=O) groups is 2. The van der Waals surface area contributed by atoms with Crippen LogP contribution in [0, 0.1) is 5.41 Å². The maximum absolute atomic E-state index is 11.7. The number of carboxylic acids is 1. The molecule has 0 aliphatic rings. The second-order valence-corrected chi connectivity index (χ2v) is 5.74. The lowest BCUT2D eigenvalue weighted by molar-refractivity contribution is -0.146. The molecule has 0 fully saturated rings.